The number of rotatable bonds is 8. The van der Waals surface area contributed by atoms with Crippen LogP contribution in [0.25, 0.3) is 5.65 Å². The molecule has 4 aromatic rings. The molecule has 4 rings (SSSR count). The number of hydrogen-bond donors (Lipinski definition) is 1. The van der Waals surface area contributed by atoms with Gasteiger partial charge in [0.15, 0.2) is 6.61 Å². The topological polar surface area (TPSA) is 91.2 Å². The number of pyridine rings is 1. The summed E-state index contributed by atoms with van der Waals surface area (Å²) >= 11 is 0. The number of amides is 1. The zero-order chi connectivity index (χ0) is 22.3. The molecule has 0 saturated carbocycles. The molecular formula is C24H21N3O5. The van der Waals surface area contributed by atoms with Crippen LogP contribution in [0.3, 0.4) is 0 Å². The Morgan fingerprint density at radius 1 is 0.969 bits per heavy atom. The molecule has 8 heteroatoms. The van der Waals surface area contributed by atoms with Crippen molar-refractivity contribution in [2.45, 2.75) is 6.61 Å². The second kappa shape index (κ2) is 9.65. The van der Waals surface area contributed by atoms with E-state index < -0.39 is 0 Å². The van der Waals surface area contributed by atoms with Gasteiger partial charge in [-0.3, -0.25) is 14.0 Å². The van der Waals surface area contributed by atoms with E-state index in [2.05, 4.69) is 10.3 Å². The van der Waals surface area contributed by atoms with E-state index in [1.165, 1.54) is 10.5 Å². The Labute approximate surface area is 184 Å². The van der Waals surface area contributed by atoms with Crippen LogP contribution < -0.4 is 25.1 Å². The zero-order valence-electron chi connectivity index (χ0n) is 17.4. The van der Waals surface area contributed by atoms with Gasteiger partial charge < -0.3 is 19.5 Å². The molecule has 0 saturated heterocycles. The Balaban J connectivity index is 1.39. The summed E-state index contributed by atoms with van der Waals surface area (Å²) in [7, 11) is 1.58. The van der Waals surface area contributed by atoms with Crippen molar-refractivity contribution >= 4 is 17.2 Å². The molecule has 1 amide bonds. The Morgan fingerprint density at radius 2 is 1.72 bits per heavy atom. The summed E-state index contributed by atoms with van der Waals surface area (Å²) in [6, 6.07) is 20.7. The maximum Gasteiger partial charge on any atom is 0.262 e. The lowest BCUT2D eigenvalue weighted by atomic mass is 10.3. The number of nitrogens with zero attached hydrogens (tertiary/aromatic N) is 2. The van der Waals surface area contributed by atoms with Gasteiger partial charge in [0.25, 0.3) is 11.5 Å². The highest BCUT2D eigenvalue weighted by Crippen LogP contribution is 2.24. The summed E-state index contributed by atoms with van der Waals surface area (Å²) < 4.78 is 17.9. The van der Waals surface area contributed by atoms with Crippen LogP contribution in [-0.4, -0.2) is 29.0 Å². The van der Waals surface area contributed by atoms with Crippen molar-refractivity contribution in [1.82, 2.24) is 9.38 Å². The van der Waals surface area contributed by atoms with Crippen LogP contribution in [0.5, 0.6) is 17.2 Å². The SMILES string of the molecule is COc1ccc(OCC(=O)Nc2ccccc2OCc2cc(=O)n3ccccc3n2)cc1. The number of methoxy groups -OCH3 is 1. The Morgan fingerprint density at radius 3 is 2.53 bits per heavy atom. The highest BCUT2D eigenvalue weighted by molar-refractivity contribution is 5.93. The average molecular weight is 431 g/mol. The van der Waals surface area contributed by atoms with E-state index in [1.54, 1.807) is 74.0 Å². The number of benzene rings is 2. The summed E-state index contributed by atoms with van der Waals surface area (Å²) in [4.78, 5) is 29.0. The minimum Gasteiger partial charge on any atom is -0.497 e. The largest absolute Gasteiger partial charge is 0.497 e. The van der Waals surface area contributed by atoms with Gasteiger partial charge in [-0.05, 0) is 48.5 Å². The molecule has 0 radical (unpaired) electrons. The van der Waals surface area contributed by atoms with Crippen LogP contribution in [0.4, 0.5) is 5.69 Å². The molecular weight excluding hydrogens is 410 g/mol. The fourth-order valence-electron chi connectivity index (χ4n) is 3.03. The van der Waals surface area contributed by atoms with Crippen LogP contribution in [-0.2, 0) is 11.4 Å². The van der Waals surface area contributed by atoms with Gasteiger partial charge in [-0.15, -0.1) is 0 Å². The first-order valence-corrected chi connectivity index (χ1v) is 9.88. The number of carbonyl (C=O) groups is 1. The minimum atomic E-state index is -0.334. The van der Waals surface area contributed by atoms with E-state index in [1.807, 2.05) is 6.07 Å². The lowest BCUT2D eigenvalue weighted by molar-refractivity contribution is -0.118. The maximum atomic E-state index is 12.4. The molecule has 0 aliphatic heterocycles. The smallest absolute Gasteiger partial charge is 0.262 e. The van der Waals surface area contributed by atoms with Gasteiger partial charge >= 0.3 is 0 Å². The highest BCUT2D eigenvalue weighted by atomic mass is 16.5. The molecule has 8 nitrogen and oxygen atoms in total. The Hall–Kier alpha value is -4.33. The predicted molar refractivity (Wildman–Crippen MR) is 119 cm³/mol. The second-order valence-corrected chi connectivity index (χ2v) is 6.81. The van der Waals surface area contributed by atoms with Crippen molar-refractivity contribution in [3.8, 4) is 17.2 Å². The summed E-state index contributed by atoms with van der Waals surface area (Å²) in [5, 5.41) is 2.78. The first kappa shape index (κ1) is 20.9. The molecule has 32 heavy (non-hydrogen) atoms. The summed E-state index contributed by atoms with van der Waals surface area (Å²) in [6.45, 7) is -0.0838. The molecule has 162 valence electrons. The molecule has 2 heterocycles. The first-order valence-electron chi connectivity index (χ1n) is 9.88. The van der Waals surface area contributed by atoms with E-state index in [9.17, 15) is 9.59 Å². The maximum absolute atomic E-state index is 12.4. The molecule has 0 unspecified atom stereocenters. The molecule has 0 aliphatic rings. The van der Waals surface area contributed by atoms with E-state index >= 15 is 0 Å². The van der Waals surface area contributed by atoms with E-state index in [0.29, 0.717) is 34.3 Å². The first-order chi connectivity index (χ1) is 15.6. The molecule has 1 N–H and O–H groups in total. The van der Waals surface area contributed by atoms with Crippen molar-refractivity contribution < 1.29 is 19.0 Å². The van der Waals surface area contributed by atoms with Crippen LogP contribution in [0.15, 0.2) is 83.8 Å². The molecule has 2 aromatic heterocycles. The zero-order valence-corrected chi connectivity index (χ0v) is 17.4. The minimum absolute atomic E-state index is 0.0792. The van der Waals surface area contributed by atoms with Crippen LogP contribution in [0, 0.1) is 0 Å². The molecule has 2 aromatic carbocycles. The summed E-state index contributed by atoms with van der Waals surface area (Å²) in [5.41, 5.74) is 1.33. The standard InChI is InChI=1S/C24H21N3O5/c1-30-18-9-11-19(12-10-18)31-16-23(28)26-20-6-2-3-7-21(20)32-15-17-14-24(29)27-13-5-4-8-22(27)25-17/h2-14H,15-16H2,1H3,(H,26,28). The summed E-state index contributed by atoms with van der Waals surface area (Å²) in [6.07, 6.45) is 1.66. The number of aromatic nitrogens is 2. The monoisotopic (exact) mass is 431 g/mol. The van der Waals surface area contributed by atoms with Gasteiger partial charge in [-0.2, -0.15) is 0 Å². The quantitative estimate of drug-likeness (QED) is 0.460. The van der Waals surface area contributed by atoms with Crippen molar-refractivity contribution in [2.24, 2.45) is 0 Å². The number of fused-ring (bicyclic) bond motifs is 1. The molecule has 0 fully saturated rings. The van der Waals surface area contributed by atoms with Crippen LogP contribution in [0.2, 0.25) is 0 Å². The molecule has 0 atom stereocenters. The van der Waals surface area contributed by atoms with Gasteiger partial charge in [-0.1, -0.05) is 18.2 Å². The van der Waals surface area contributed by atoms with Crippen molar-refractivity contribution in [3.05, 3.63) is 95.0 Å². The third-order valence-electron chi connectivity index (χ3n) is 4.59. The van der Waals surface area contributed by atoms with Gasteiger partial charge in [-0.25, -0.2) is 4.98 Å². The third-order valence-corrected chi connectivity index (χ3v) is 4.59. The fourth-order valence-corrected chi connectivity index (χ4v) is 3.03. The molecule has 0 bridgehead atoms. The summed E-state index contributed by atoms with van der Waals surface area (Å²) in [5.74, 6) is 1.38. The number of anilines is 1. The van der Waals surface area contributed by atoms with Gasteiger partial charge in [0.05, 0.1) is 18.5 Å². The predicted octanol–water partition coefficient (Wildman–Crippen LogP) is 3.30. The van der Waals surface area contributed by atoms with Crippen molar-refractivity contribution in [1.29, 1.82) is 0 Å². The van der Waals surface area contributed by atoms with Gasteiger partial charge in [0.1, 0.15) is 29.5 Å². The fraction of sp³-hybridized carbons (Fsp3) is 0.125. The molecule has 0 aliphatic carbocycles. The Kier molecular flexibility index (Phi) is 6.31. The van der Waals surface area contributed by atoms with E-state index in [0.717, 1.165) is 0 Å². The van der Waals surface area contributed by atoms with Crippen molar-refractivity contribution in [2.75, 3.05) is 19.0 Å². The number of para-hydroxylation sites is 2. The van der Waals surface area contributed by atoms with Gasteiger partial charge in [0, 0.05) is 12.3 Å². The number of hydrogen-bond acceptors (Lipinski definition) is 6. The van der Waals surface area contributed by atoms with E-state index in [4.69, 9.17) is 14.2 Å². The number of carbonyl (C=O) groups excluding carboxylic acids is 1. The lowest BCUT2D eigenvalue weighted by Crippen LogP contribution is -2.20. The normalized spacial score (nSPS) is 10.5. The van der Waals surface area contributed by atoms with Gasteiger partial charge in [0.2, 0.25) is 0 Å². The average Bonchev–Trinajstić information content (AvgIpc) is 2.82. The van der Waals surface area contributed by atoms with Crippen LogP contribution in [0.1, 0.15) is 5.69 Å². The second-order valence-electron chi connectivity index (χ2n) is 6.81. The van der Waals surface area contributed by atoms with E-state index in [-0.39, 0.29) is 24.7 Å². The number of nitrogens with one attached hydrogen (secondary N) is 1. The third kappa shape index (κ3) is 5.04. The van der Waals surface area contributed by atoms with Crippen molar-refractivity contribution in [3.63, 3.8) is 0 Å². The highest BCUT2D eigenvalue weighted by Gasteiger charge is 2.10. The molecule has 0 spiro atoms. The number of ether oxygens (including phenoxy) is 3. The Bertz CT molecular complexity index is 1280. The van der Waals surface area contributed by atoms with Crippen LogP contribution >= 0.6 is 0 Å². The lowest BCUT2D eigenvalue weighted by Gasteiger charge is -2.13.